The molecule has 0 bridgehead atoms. The van der Waals surface area contributed by atoms with Gasteiger partial charge in [0.25, 0.3) is 5.91 Å². The number of benzene rings is 1. The van der Waals surface area contributed by atoms with E-state index in [1.807, 2.05) is 6.92 Å². The normalized spacial score (nSPS) is 13.8. The van der Waals surface area contributed by atoms with Crippen LogP contribution in [0, 0.1) is 5.92 Å². The quantitative estimate of drug-likeness (QED) is 0.627. The van der Waals surface area contributed by atoms with Crippen LogP contribution in [0.2, 0.25) is 0 Å². The maximum atomic E-state index is 12.3. The number of carboxylic acids is 1. The highest BCUT2D eigenvalue weighted by atomic mass is 32.2. The summed E-state index contributed by atoms with van der Waals surface area (Å²) in [6, 6.07) is 4.97. The van der Waals surface area contributed by atoms with Crippen LogP contribution >= 0.6 is 0 Å². The van der Waals surface area contributed by atoms with Crippen LogP contribution < -0.4 is 10.0 Å². The van der Waals surface area contributed by atoms with Gasteiger partial charge in [0.05, 0.1) is 5.75 Å². The van der Waals surface area contributed by atoms with Crippen LogP contribution in [0.1, 0.15) is 44.0 Å². The average Bonchev–Trinajstić information content (AvgIpc) is 2.51. The molecule has 7 nitrogen and oxygen atoms in total. The molecule has 0 saturated heterocycles. The molecule has 0 fully saturated rings. The van der Waals surface area contributed by atoms with Crippen molar-refractivity contribution in [2.75, 3.05) is 10.5 Å². The van der Waals surface area contributed by atoms with Gasteiger partial charge in [-0.15, -0.1) is 0 Å². The highest BCUT2D eigenvalue weighted by Gasteiger charge is 2.25. The predicted molar refractivity (Wildman–Crippen MR) is 92.5 cm³/mol. The first-order valence-electron chi connectivity index (χ1n) is 7.84. The molecule has 1 aromatic carbocycles. The van der Waals surface area contributed by atoms with Crippen LogP contribution in [-0.4, -0.2) is 37.2 Å². The molecule has 0 aliphatic carbocycles. The number of sulfonamides is 1. The van der Waals surface area contributed by atoms with Crippen molar-refractivity contribution in [1.82, 2.24) is 5.32 Å². The fraction of sp³-hybridized carbons (Fsp3) is 0.500. The largest absolute Gasteiger partial charge is 0.480 e. The van der Waals surface area contributed by atoms with Crippen molar-refractivity contribution in [3.05, 3.63) is 29.8 Å². The van der Waals surface area contributed by atoms with E-state index < -0.39 is 27.9 Å². The van der Waals surface area contributed by atoms with E-state index >= 15 is 0 Å². The third-order valence-corrected chi connectivity index (χ3v) is 5.13. The van der Waals surface area contributed by atoms with Crippen molar-refractivity contribution in [1.29, 1.82) is 0 Å². The predicted octanol–water partition coefficient (Wildman–Crippen LogP) is 2.07. The Kier molecular flexibility index (Phi) is 7.21. The number of carboxylic acid groups (broad SMARTS) is 1. The molecule has 0 aliphatic rings. The minimum atomic E-state index is -3.46. The van der Waals surface area contributed by atoms with Gasteiger partial charge in [-0.05, 0) is 30.5 Å². The van der Waals surface area contributed by atoms with Crippen LogP contribution in [0.15, 0.2) is 24.3 Å². The van der Waals surface area contributed by atoms with Gasteiger partial charge in [-0.1, -0.05) is 33.3 Å². The Morgan fingerprint density at radius 2 is 1.92 bits per heavy atom. The van der Waals surface area contributed by atoms with Crippen LogP contribution in [0.4, 0.5) is 5.69 Å². The zero-order chi connectivity index (χ0) is 18.3. The topological polar surface area (TPSA) is 113 Å². The average molecular weight is 356 g/mol. The number of hydrogen-bond acceptors (Lipinski definition) is 4. The molecule has 1 aromatic rings. The molecule has 0 heterocycles. The molecule has 0 saturated carbocycles. The van der Waals surface area contributed by atoms with Gasteiger partial charge in [-0.2, -0.15) is 0 Å². The van der Waals surface area contributed by atoms with E-state index in [9.17, 15) is 23.1 Å². The molecule has 0 unspecified atom stereocenters. The summed E-state index contributed by atoms with van der Waals surface area (Å²) in [5, 5.41) is 11.7. The van der Waals surface area contributed by atoms with Crippen molar-refractivity contribution in [3.8, 4) is 0 Å². The van der Waals surface area contributed by atoms with Gasteiger partial charge in [0.2, 0.25) is 10.0 Å². The standard InChI is InChI=1S/C16H24N2O5S/c1-4-9-24(22,23)18-13-8-6-7-12(10-13)15(19)17-14(16(20)21)11(3)5-2/h6-8,10-11,14,18H,4-5,9H2,1-3H3,(H,17,19)(H,20,21)/t11-,14-/m0/s1. The number of anilines is 1. The lowest BCUT2D eigenvalue weighted by atomic mass is 9.99. The number of hydrogen-bond donors (Lipinski definition) is 3. The highest BCUT2D eigenvalue weighted by Crippen LogP contribution is 2.14. The fourth-order valence-corrected chi connectivity index (χ4v) is 3.26. The minimum absolute atomic E-state index is 0.0154. The molecule has 134 valence electrons. The van der Waals surface area contributed by atoms with Crippen LogP contribution in [0.5, 0.6) is 0 Å². The van der Waals surface area contributed by atoms with Crippen LogP contribution in [0.3, 0.4) is 0 Å². The van der Waals surface area contributed by atoms with Crippen molar-refractivity contribution < 1.29 is 23.1 Å². The summed E-state index contributed by atoms with van der Waals surface area (Å²) < 4.78 is 26.0. The van der Waals surface area contributed by atoms with Gasteiger partial charge in [0.15, 0.2) is 0 Å². The number of rotatable bonds is 9. The number of carbonyl (C=O) groups excluding carboxylic acids is 1. The lowest BCUT2D eigenvalue weighted by Gasteiger charge is -2.20. The molecule has 0 radical (unpaired) electrons. The number of aliphatic carboxylic acids is 1. The molecular weight excluding hydrogens is 332 g/mol. The van der Waals surface area contributed by atoms with E-state index in [4.69, 9.17) is 0 Å². The molecular formula is C16H24N2O5S. The third kappa shape index (κ3) is 5.84. The fourth-order valence-electron chi connectivity index (χ4n) is 2.13. The summed E-state index contributed by atoms with van der Waals surface area (Å²) >= 11 is 0. The van der Waals surface area contributed by atoms with Gasteiger partial charge in [0, 0.05) is 11.3 Å². The molecule has 0 spiro atoms. The van der Waals surface area contributed by atoms with E-state index in [2.05, 4.69) is 10.0 Å². The second-order valence-corrected chi connectivity index (χ2v) is 7.52. The van der Waals surface area contributed by atoms with Gasteiger partial charge < -0.3 is 10.4 Å². The first-order chi connectivity index (χ1) is 11.2. The summed E-state index contributed by atoms with van der Waals surface area (Å²) in [5.74, 6) is -1.90. The van der Waals surface area contributed by atoms with Crippen LogP contribution in [0.25, 0.3) is 0 Å². The van der Waals surface area contributed by atoms with Gasteiger partial charge in [-0.3, -0.25) is 9.52 Å². The van der Waals surface area contributed by atoms with E-state index in [-0.39, 0.29) is 22.9 Å². The Morgan fingerprint density at radius 3 is 2.46 bits per heavy atom. The molecule has 3 N–H and O–H groups in total. The maximum Gasteiger partial charge on any atom is 0.326 e. The molecule has 1 amide bonds. The van der Waals surface area contributed by atoms with E-state index in [1.54, 1.807) is 13.8 Å². The van der Waals surface area contributed by atoms with Crippen molar-refractivity contribution in [2.24, 2.45) is 5.92 Å². The zero-order valence-corrected chi connectivity index (χ0v) is 14.9. The monoisotopic (exact) mass is 356 g/mol. The Morgan fingerprint density at radius 1 is 1.25 bits per heavy atom. The first kappa shape index (κ1) is 20.0. The summed E-state index contributed by atoms with van der Waals surface area (Å²) in [5.41, 5.74) is 0.466. The summed E-state index contributed by atoms with van der Waals surface area (Å²) in [6.07, 6.45) is 1.08. The van der Waals surface area contributed by atoms with Crippen LogP contribution in [-0.2, 0) is 14.8 Å². The van der Waals surface area contributed by atoms with Gasteiger partial charge in [0.1, 0.15) is 6.04 Å². The Bertz CT molecular complexity index is 687. The third-order valence-electron chi connectivity index (χ3n) is 3.64. The summed E-state index contributed by atoms with van der Waals surface area (Å²) in [7, 11) is -3.46. The number of carbonyl (C=O) groups is 2. The first-order valence-corrected chi connectivity index (χ1v) is 9.49. The smallest absolute Gasteiger partial charge is 0.326 e. The number of nitrogens with one attached hydrogen (secondary N) is 2. The SMILES string of the molecule is CCCS(=O)(=O)Nc1cccc(C(=O)N[C@H](C(=O)O)[C@@H](C)CC)c1. The molecule has 0 aliphatic heterocycles. The summed E-state index contributed by atoms with van der Waals surface area (Å²) in [4.78, 5) is 23.6. The van der Waals surface area contributed by atoms with E-state index in [0.29, 0.717) is 12.8 Å². The highest BCUT2D eigenvalue weighted by molar-refractivity contribution is 7.92. The van der Waals surface area contributed by atoms with Gasteiger partial charge >= 0.3 is 5.97 Å². The second kappa shape index (κ2) is 8.68. The maximum absolute atomic E-state index is 12.3. The Hall–Kier alpha value is -2.09. The summed E-state index contributed by atoms with van der Waals surface area (Å²) in [6.45, 7) is 5.34. The Labute approximate surface area is 142 Å². The molecule has 2 atom stereocenters. The van der Waals surface area contributed by atoms with E-state index in [0.717, 1.165) is 0 Å². The molecule has 0 aromatic heterocycles. The van der Waals surface area contributed by atoms with E-state index in [1.165, 1.54) is 24.3 Å². The van der Waals surface area contributed by atoms with Gasteiger partial charge in [-0.25, -0.2) is 13.2 Å². The van der Waals surface area contributed by atoms with Crippen molar-refractivity contribution in [3.63, 3.8) is 0 Å². The van der Waals surface area contributed by atoms with Crippen molar-refractivity contribution >= 4 is 27.6 Å². The molecule has 1 rings (SSSR count). The lowest BCUT2D eigenvalue weighted by molar-refractivity contribution is -0.140. The van der Waals surface area contributed by atoms with Crippen molar-refractivity contribution in [2.45, 2.75) is 39.7 Å². The minimum Gasteiger partial charge on any atom is -0.480 e. The second-order valence-electron chi connectivity index (χ2n) is 5.68. The molecule has 8 heteroatoms. The molecule has 24 heavy (non-hydrogen) atoms. The zero-order valence-electron chi connectivity index (χ0n) is 14.1. The lowest BCUT2D eigenvalue weighted by Crippen LogP contribution is -2.45. The number of amides is 1. The Balaban J connectivity index is 2.92.